The molecule has 0 amide bonds. The van der Waals surface area contributed by atoms with Crippen molar-refractivity contribution < 1.29 is 9.53 Å². The van der Waals surface area contributed by atoms with Crippen LogP contribution in [0.25, 0.3) is 0 Å². The predicted octanol–water partition coefficient (Wildman–Crippen LogP) is 5.85. The van der Waals surface area contributed by atoms with Gasteiger partial charge in [0.1, 0.15) is 0 Å². The van der Waals surface area contributed by atoms with E-state index >= 15 is 0 Å². The van der Waals surface area contributed by atoms with Crippen LogP contribution in [0.5, 0.6) is 0 Å². The highest BCUT2D eigenvalue weighted by Crippen LogP contribution is 2.14. The SMILES string of the molecule is CCCCCCCCCCCC(Cl)OC(=O)Cl. The Labute approximate surface area is 115 Å². The molecule has 0 aromatic carbocycles. The molecule has 0 radical (unpaired) electrons. The van der Waals surface area contributed by atoms with E-state index in [1.807, 2.05) is 0 Å². The highest BCUT2D eigenvalue weighted by molar-refractivity contribution is 6.61. The van der Waals surface area contributed by atoms with Gasteiger partial charge < -0.3 is 4.74 Å². The van der Waals surface area contributed by atoms with E-state index in [2.05, 4.69) is 11.7 Å². The molecule has 0 aliphatic heterocycles. The molecule has 4 heteroatoms. The Kier molecular flexibility index (Phi) is 12.5. The molecule has 0 fully saturated rings. The molecule has 0 aromatic rings. The summed E-state index contributed by atoms with van der Waals surface area (Å²) in [6.45, 7) is 2.23. The maximum Gasteiger partial charge on any atom is 0.405 e. The third kappa shape index (κ3) is 14.0. The average Bonchev–Trinajstić information content (AvgIpc) is 2.26. The first kappa shape index (κ1) is 17.1. The highest BCUT2D eigenvalue weighted by atomic mass is 35.5. The van der Waals surface area contributed by atoms with Crippen molar-refractivity contribution in [3.05, 3.63) is 0 Å². The summed E-state index contributed by atoms with van der Waals surface area (Å²) >= 11 is 10.8. The number of ether oxygens (including phenoxy) is 1. The monoisotopic (exact) mass is 282 g/mol. The fourth-order valence-electron chi connectivity index (χ4n) is 1.77. The van der Waals surface area contributed by atoms with Crippen molar-refractivity contribution >= 4 is 28.6 Å². The van der Waals surface area contributed by atoms with Crippen LogP contribution < -0.4 is 0 Å². The maximum atomic E-state index is 10.4. The van der Waals surface area contributed by atoms with Gasteiger partial charge >= 0.3 is 5.43 Å². The van der Waals surface area contributed by atoms with E-state index in [1.54, 1.807) is 0 Å². The summed E-state index contributed by atoms with van der Waals surface area (Å²) in [6, 6.07) is 0. The van der Waals surface area contributed by atoms with Gasteiger partial charge in [0.15, 0.2) is 5.56 Å². The van der Waals surface area contributed by atoms with E-state index in [9.17, 15) is 4.79 Å². The van der Waals surface area contributed by atoms with Crippen molar-refractivity contribution in [1.82, 2.24) is 0 Å². The topological polar surface area (TPSA) is 26.3 Å². The first-order valence-electron chi connectivity index (χ1n) is 6.67. The first-order chi connectivity index (χ1) is 8.16. The lowest BCUT2D eigenvalue weighted by atomic mass is 10.1. The van der Waals surface area contributed by atoms with Crippen molar-refractivity contribution in [2.24, 2.45) is 0 Å². The van der Waals surface area contributed by atoms with E-state index in [1.165, 1.54) is 44.9 Å². The van der Waals surface area contributed by atoms with Gasteiger partial charge in [-0.25, -0.2) is 4.79 Å². The maximum absolute atomic E-state index is 10.4. The molecule has 102 valence electrons. The largest absolute Gasteiger partial charge is 0.434 e. The van der Waals surface area contributed by atoms with Crippen LogP contribution >= 0.6 is 23.2 Å². The third-order valence-corrected chi connectivity index (χ3v) is 3.15. The van der Waals surface area contributed by atoms with Crippen LogP contribution in [-0.2, 0) is 4.74 Å². The van der Waals surface area contributed by atoms with E-state index in [0.717, 1.165) is 12.8 Å². The smallest absolute Gasteiger partial charge is 0.405 e. The molecule has 0 heterocycles. The molecule has 2 nitrogen and oxygen atoms in total. The second-order valence-electron chi connectivity index (χ2n) is 4.38. The van der Waals surface area contributed by atoms with Gasteiger partial charge in [-0.3, -0.25) is 0 Å². The molecule has 0 spiro atoms. The minimum atomic E-state index is -0.819. The first-order valence-corrected chi connectivity index (χ1v) is 7.48. The lowest BCUT2D eigenvalue weighted by Crippen LogP contribution is -2.06. The summed E-state index contributed by atoms with van der Waals surface area (Å²) in [5.41, 5.74) is -1.38. The summed E-state index contributed by atoms with van der Waals surface area (Å²) in [7, 11) is 0. The van der Waals surface area contributed by atoms with Crippen molar-refractivity contribution in [3.8, 4) is 0 Å². The zero-order chi connectivity index (χ0) is 12.9. The molecule has 0 bridgehead atoms. The standard InChI is InChI=1S/C13H24Cl2O2/c1-2-3-4-5-6-7-8-9-10-11-12(14)17-13(15)16/h12H,2-11H2,1H3. The van der Waals surface area contributed by atoms with Gasteiger partial charge in [-0.1, -0.05) is 69.9 Å². The Morgan fingerprint density at radius 2 is 1.47 bits per heavy atom. The molecule has 0 N–H and O–H groups in total. The highest BCUT2D eigenvalue weighted by Gasteiger charge is 2.07. The van der Waals surface area contributed by atoms with Crippen LogP contribution in [0.15, 0.2) is 0 Å². The van der Waals surface area contributed by atoms with Crippen molar-refractivity contribution in [2.45, 2.75) is 76.7 Å². The molecule has 0 aliphatic rings. The lowest BCUT2D eigenvalue weighted by molar-refractivity contribution is 0.154. The van der Waals surface area contributed by atoms with E-state index < -0.39 is 11.0 Å². The molecule has 17 heavy (non-hydrogen) atoms. The van der Waals surface area contributed by atoms with Crippen molar-refractivity contribution in [1.29, 1.82) is 0 Å². The second kappa shape index (κ2) is 12.5. The summed E-state index contributed by atoms with van der Waals surface area (Å²) in [5.74, 6) is 0. The molecule has 1 atom stereocenters. The molecule has 0 aliphatic carbocycles. The van der Waals surface area contributed by atoms with Crippen LogP contribution in [0.1, 0.15) is 71.1 Å². The van der Waals surface area contributed by atoms with Gasteiger partial charge in [-0.2, -0.15) is 0 Å². The second-order valence-corrected chi connectivity index (χ2v) is 5.18. The Hall–Kier alpha value is 0.0500. The summed E-state index contributed by atoms with van der Waals surface area (Å²) < 4.78 is 4.61. The number of rotatable bonds is 11. The quantitative estimate of drug-likeness (QED) is 0.270. The predicted molar refractivity (Wildman–Crippen MR) is 73.8 cm³/mol. The Morgan fingerprint density at radius 3 is 1.94 bits per heavy atom. The summed E-state index contributed by atoms with van der Waals surface area (Å²) in [6.07, 6.45) is 12.1. The minimum absolute atomic E-state index is 0.565. The van der Waals surface area contributed by atoms with Crippen LogP contribution in [0, 0.1) is 0 Å². The van der Waals surface area contributed by atoms with Crippen LogP contribution in [0.2, 0.25) is 0 Å². The average molecular weight is 283 g/mol. The number of unbranched alkanes of at least 4 members (excludes halogenated alkanes) is 8. The number of carbonyl (C=O) groups excluding carboxylic acids is 1. The van der Waals surface area contributed by atoms with Crippen LogP contribution in [0.3, 0.4) is 0 Å². The van der Waals surface area contributed by atoms with Gasteiger partial charge in [-0.15, -0.1) is 0 Å². The van der Waals surface area contributed by atoms with E-state index in [-0.39, 0.29) is 0 Å². The molecule has 0 rings (SSSR count). The fraction of sp³-hybridized carbons (Fsp3) is 0.923. The molecule has 1 unspecified atom stereocenters. The number of alkyl halides is 1. The van der Waals surface area contributed by atoms with Gasteiger partial charge in [0.2, 0.25) is 0 Å². The van der Waals surface area contributed by atoms with Gasteiger partial charge in [0, 0.05) is 11.6 Å². The zero-order valence-electron chi connectivity index (χ0n) is 10.7. The minimum Gasteiger partial charge on any atom is -0.434 e. The van der Waals surface area contributed by atoms with Crippen LogP contribution in [-0.4, -0.2) is 11.0 Å². The van der Waals surface area contributed by atoms with Crippen LogP contribution in [0.4, 0.5) is 4.79 Å². The van der Waals surface area contributed by atoms with E-state index in [4.69, 9.17) is 23.2 Å². The number of halogens is 2. The van der Waals surface area contributed by atoms with Gasteiger partial charge in [0.05, 0.1) is 0 Å². The summed E-state index contributed by atoms with van der Waals surface area (Å²) in [5, 5.41) is 0. The van der Waals surface area contributed by atoms with Crippen molar-refractivity contribution in [2.75, 3.05) is 0 Å². The van der Waals surface area contributed by atoms with Crippen molar-refractivity contribution in [3.63, 3.8) is 0 Å². The fourth-order valence-corrected chi connectivity index (χ4v) is 2.16. The summed E-state index contributed by atoms with van der Waals surface area (Å²) in [4.78, 5) is 10.4. The van der Waals surface area contributed by atoms with E-state index in [0.29, 0.717) is 6.42 Å². The lowest BCUT2D eigenvalue weighted by Gasteiger charge is -2.08. The molecular weight excluding hydrogens is 259 g/mol. The Bertz CT molecular complexity index is 186. The normalized spacial score (nSPS) is 12.4. The number of hydrogen-bond donors (Lipinski definition) is 0. The third-order valence-electron chi connectivity index (χ3n) is 2.76. The molecular formula is C13H24Cl2O2. The molecule has 0 saturated carbocycles. The number of hydrogen-bond acceptors (Lipinski definition) is 2. The Morgan fingerprint density at radius 1 is 1.00 bits per heavy atom. The number of carbonyl (C=O) groups is 1. The molecule has 0 aromatic heterocycles. The van der Waals surface area contributed by atoms with Gasteiger partial charge in [-0.05, 0) is 12.8 Å². The molecule has 0 saturated heterocycles. The zero-order valence-corrected chi connectivity index (χ0v) is 12.2. The Balaban J connectivity index is 3.10. The van der Waals surface area contributed by atoms with Gasteiger partial charge in [0.25, 0.3) is 0 Å².